The Kier molecular flexibility index (Phi) is 4.70. The number of hydrogen-bond acceptors (Lipinski definition) is 5. The summed E-state index contributed by atoms with van der Waals surface area (Å²) in [6.45, 7) is 5.06. The molecule has 0 saturated carbocycles. The quantitative estimate of drug-likeness (QED) is 0.655. The Balaban J connectivity index is 2.24. The summed E-state index contributed by atoms with van der Waals surface area (Å²) >= 11 is 1.64. The molecule has 0 fully saturated rings. The molecule has 0 aliphatic rings. The number of carbonyl (C=O) groups is 1. The summed E-state index contributed by atoms with van der Waals surface area (Å²) in [5, 5.41) is 2.01. The maximum absolute atomic E-state index is 12.6. The van der Waals surface area contributed by atoms with Gasteiger partial charge in [0, 0.05) is 23.3 Å². The van der Waals surface area contributed by atoms with Crippen LogP contribution in [0.1, 0.15) is 27.9 Å². The number of aromatic nitrogens is 1. The number of carbonyl (C=O) groups excluding carboxylic acids is 1. The van der Waals surface area contributed by atoms with Gasteiger partial charge in [-0.1, -0.05) is 6.07 Å². The van der Waals surface area contributed by atoms with Gasteiger partial charge in [-0.05, 0) is 31.4 Å². The Morgan fingerprint density at radius 1 is 1.55 bits per heavy atom. The van der Waals surface area contributed by atoms with Gasteiger partial charge in [0.2, 0.25) is 0 Å². The number of thiophene rings is 1. The molecule has 1 amide bonds. The third kappa shape index (κ3) is 3.15. The van der Waals surface area contributed by atoms with Gasteiger partial charge in [-0.3, -0.25) is 15.6 Å². The molecule has 5 nitrogen and oxygen atoms in total. The van der Waals surface area contributed by atoms with Crippen LogP contribution in [-0.2, 0) is 6.54 Å². The van der Waals surface area contributed by atoms with Gasteiger partial charge in [-0.2, -0.15) is 0 Å². The summed E-state index contributed by atoms with van der Waals surface area (Å²) in [4.78, 5) is 19.7. The van der Waals surface area contributed by atoms with E-state index in [0.29, 0.717) is 24.3 Å². The van der Waals surface area contributed by atoms with Crippen LogP contribution in [0.3, 0.4) is 0 Å². The minimum absolute atomic E-state index is 0.0682. The Morgan fingerprint density at radius 3 is 2.95 bits per heavy atom. The van der Waals surface area contributed by atoms with Crippen LogP contribution < -0.4 is 11.3 Å². The van der Waals surface area contributed by atoms with Crippen molar-refractivity contribution in [1.82, 2.24) is 9.88 Å². The van der Waals surface area contributed by atoms with Crippen LogP contribution >= 0.6 is 11.3 Å². The number of aryl methyl sites for hydroxylation is 1. The molecule has 2 rings (SSSR count). The van der Waals surface area contributed by atoms with Gasteiger partial charge in [0.1, 0.15) is 0 Å². The summed E-state index contributed by atoms with van der Waals surface area (Å²) in [5.74, 6) is 5.42. The predicted octanol–water partition coefficient (Wildman–Crippen LogP) is 2.40. The Hall–Kier alpha value is -1.92. The van der Waals surface area contributed by atoms with Crippen LogP contribution in [0.25, 0.3) is 0 Å². The molecule has 0 saturated heterocycles. The smallest absolute Gasteiger partial charge is 0.257 e. The number of hydrogen-bond donors (Lipinski definition) is 2. The van der Waals surface area contributed by atoms with Gasteiger partial charge in [-0.15, -0.1) is 11.3 Å². The molecular weight excluding hydrogens is 272 g/mol. The number of nitrogens with one attached hydrogen (secondary N) is 1. The van der Waals surface area contributed by atoms with Gasteiger partial charge >= 0.3 is 0 Å². The van der Waals surface area contributed by atoms with E-state index in [1.54, 1.807) is 28.5 Å². The molecule has 0 spiro atoms. The average Bonchev–Trinajstić information content (AvgIpc) is 2.96. The zero-order valence-electron chi connectivity index (χ0n) is 11.6. The molecule has 0 aliphatic carbocycles. The lowest BCUT2D eigenvalue weighted by Crippen LogP contribution is -2.31. The first kappa shape index (κ1) is 14.5. The lowest BCUT2D eigenvalue weighted by Gasteiger charge is -2.21. The second-order valence-corrected chi connectivity index (χ2v) is 5.45. The van der Waals surface area contributed by atoms with Crippen LogP contribution in [-0.4, -0.2) is 22.3 Å². The van der Waals surface area contributed by atoms with Crippen molar-refractivity contribution >= 4 is 22.9 Å². The highest BCUT2D eigenvalue weighted by Gasteiger charge is 2.18. The molecule has 6 heteroatoms. The number of hydrazine groups is 1. The lowest BCUT2D eigenvalue weighted by molar-refractivity contribution is 0.0754. The highest BCUT2D eigenvalue weighted by Crippen LogP contribution is 2.19. The first-order chi connectivity index (χ1) is 9.65. The molecule has 0 aliphatic heterocycles. The van der Waals surface area contributed by atoms with Crippen molar-refractivity contribution in [2.45, 2.75) is 20.4 Å². The van der Waals surface area contributed by atoms with Crippen LogP contribution in [0.4, 0.5) is 5.69 Å². The average molecular weight is 290 g/mol. The zero-order chi connectivity index (χ0) is 14.5. The molecule has 20 heavy (non-hydrogen) atoms. The highest BCUT2D eigenvalue weighted by molar-refractivity contribution is 7.09. The van der Waals surface area contributed by atoms with Gasteiger partial charge in [-0.25, -0.2) is 0 Å². The number of nitrogens with zero attached hydrogens (tertiary/aromatic N) is 2. The van der Waals surface area contributed by atoms with E-state index in [2.05, 4.69) is 10.4 Å². The van der Waals surface area contributed by atoms with E-state index in [1.807, 2.05) is 31.4 Å². The second-order valence-electron chi connectivity index (χ2n) is 4.41. The number of pyridine rings is 1. The minimum Gasteiger partial charge on any atom is -0.334 e. The summed E-state index contributed by atoms with van der Waals surface area (Å²) in [7, 11) is 0. The van der Waals surface area contributed by atoms with E-state index in [4.69, 9.17) is 5.84 Å². The Bertz CT molecular complexity index is 583. The predicted molar refractivity (Wildman–Crippen MR) is 81.5 cm³/mol. The maximum atomic E-state index is 12.6. The van der Waals surface area contributed by atoms with E-state index in [0.717, 1.165) is 10.6 Å². The molecule has 106 valence electrons. The standard InChI is InChI=1S/C14H18N4OS/c1-3-18(9-11-5-4-6-20-11)14(19)12-8-16-10(2)7-13(12)17-15/h4-8H,3,9,15H2,1-2H3,(H,16,17). The van der Waals surface area contributed by atoms with Gasteiger partial charge in [0.15, 0.2) is 0 Å². The van der Waals surface area contributed by atoms with Crippen molar-refractivity contribution in [3.8, 4) is 0 Å². The number of rotatable bonds is 5. The molecule has 3 N–H and O–H groups in total. The molecule has 0 unspecified atom stereocenters. The van der Waals surface area contributed by atoms with Crippen molar-refractivity contribution in [2.75, 3.05) is 12.0 Å². The first-order valence-corrected chi connectivity index (χ1v) is 7.28. The van der Waals surface area contributed by atoms with Crippen LogP contribution in [0.2, 0.25) is 0 Å². The second kappa shape index (κ2) is 6.49. The molecule has 0 bridgehead atoms. The number of nitrogen functional groups attached to an aromatic ring is 1. The van der Waals surface area contributed by atoms with E-state index < -0.39 is 0 Å². The number of nitrogens with two attached hydrogens (primary N) is 1. The Morgan fingerprint density at radius 2 is 2.35 bits per heavy atom. The molecule has 2 heterocycles. The van der Waals surface area contributed by atoms with Gasteiger partial charge in [0.25, 0.3) is 5.91 Å². The number of anilines is 1. The summed E-state index contributed by atoms with van der Waals surface area (Å²) in [5.41, 5.74) is 4.49. The fourth-order valence-electron chi connectivity index (χ4n) is 1.94. The third-order valence-electron chi connectivity index (χ3n) is 3.02. The van der Waals surface area contributed by atoms with E-state index in [1.165, 1.54) is 0 Å². The van der Waals surface area contributed by atoms with Crippen molar-refractivity contribution < 1.29 is 4.79 Å². The first-order valence-electron chi connectivity index (χ1n) is 6.40. The van der Waals surface area contributed by atoms with Crippen molar-refractivity contribution in [3.05, 3.63) is 45.9 Å². The van der Waals surface area contributed by atoms with Crippen LogP contribution in [0.15, 0.2) is 29.8 Å². The van der Waals surface area contributed by atoms with E-state index in [9.17, 15) is 4.79 Å². The molecule has 0 radical (unpaired) electrons. The normalized spacial score (nSPS) is 10.3. The SMILES string of the molecule is CCN(Cc1cccs1)C(=O)c1cnc(C)cc1NN. The molecule has 2 aromatic heterocycles. The Labute approximate surface area is 122 Å². The van der Waals surface area contributed by atoms with E-state index in [-0.39, 0.29) is 5.91 Å². The largest absolute Gasteiger partial charge is 0.334 e. The molecule has 0 aromatic carbocycles. The third-order valence-corrected chi connectivity index (χ3v) is 3.88. The fourth-order valence-corrected chi connectivity index (χ4v) is 2.66. The topological polar surface area (TPSA) is 71.2 Å². The van der Waals surface area contributed by atoms with Gasteiger partial charge < -0.3 is 10.3 Å². The monoisotopic (exact) mass is 290 g/mol. The number of amides is 1. The minimum atomic E-state index is -0.0682. The van der Waals surface area contributed by atoms with Crippen LogP contribution in [0, 0.1) is 6.92 Å². The summed E-state index contributed by atoms with van der Waals surface area (Å²) in [6.07, 6.45) is 1.57. The zero-order valence-corrected chi connectivity index (χ0v) is 12.4. The lowest BCUT2D eigenvalue weighted by atomic mass is 10.2. The maximum Gasteiger partial charge on any atom is 0.257 e. The summed E-state index contributed by atoms with van der Waals surface area (Å²) < 4.78 is 0. The molecular formula is C14H18N4OS. The van der Waals surface area contributed by atoms with Crippen molar-refractivity contribution in [2.24, 2.45) is 5.84 Å². The van der Waals surface area contributed by atoms with Crippen molar-refractivity contribution in [1.29, 1.82) is 0 Å². The van der Waals surface area contributed by atoms with Crippen molar-refractivity contribution in [3.63, 3.8) is 0 Å². The fraction of sp³-hybridized carbons (Fsp3) is 0.286. The molecule has 0 atom stereocenters. The summed E-state index contributed by atoms with van der Waals surface area (Å²) in [6, 6.07) is 5.78. The van der Waals surface area contributed by atoms with E-state index >= 15 is 0 Å². The van der Waals surface area contributed by atoms with Gasteiger partial charge in [0.05, 0.1) is 17.8 Å². The molecule has 2 aromatic rings. The van der Waals surface area contributed by atoms with Crippen LogP contribution in [0.5, 0.6) is 0 Å². The highest BCUT2D eigenvalue weighted by atomic mass is 32.1.